The van der Waals surface area contributed by atoms with Crippen LogP contribution in [0.3, 0.4) is 0 Å². The standard InChI is InChI=1S/C17H18BrNO3/c1-3-5-8-16-10-17(16,15(21)22-4-2)14(20)19-13-7-6-11(18)9-12(13)16/h3,6-7,9H,1,4-5,8,10H2,2H3,(H,19,20)/t16-,17+/m1/s1. The number of ether oxygens (including phenoxy) is 1. The van der Waals surface area contributed by atoms with Crippen LogP contribution in [-0.2, 0) is 19.7 Å². The molecule has 1 N–H and O–H groups in total. The second-order valence-corrected chi connectivity index (χ2v) is 6.77. The van der Waals surface area contributed by atoms with Gasteiger partial charge in [-0.1, -0.05) is 22.0 Å². The highest BCUT2D eigenvalue weighted by Gasteiger charge is 2.79. The predicted octanol–water partition coefficient (Wildman–Crippen LogP) is 3.56. The molecule has 1 aliphatic carbocycles. The van der Waals surface area contributed by atoms with Gasteiger partial charge in [0.25, 0.3) is 0 Å². The van der Waals surface area contributed by atoms with Crippen LogP contribution < -0.4 is 5.32 Å². The normalized spacial score (nSPS) is 28.2. The smallest absolute Gasteiger partial charge is 0.322 e. The van der Waals surface area contributed by atoms with Crippen molar-refractivity contribution in [1.82, 2.24) is 0 Å². The molecule has 1 aliphatic heterocycles. The maximum absolute atomic E-state index is 12.6. The predicted molar refractivity (Wildman–Crippen MR) is 87.6 cm³/mol. The van der Waals surface area contributed by atoms with Crippen LogP contribution in [0.15, 0.2) is 35.3 Å². The fourth-order valence-electron chi connectivity index (χ4n) is 3.68. The van der Waals surface area contributed by atoms with Crippen LogP contribution in [-0.4, -0.2) is 18.5 Å². The largest absolute Gasteiger partial charge is 0.465 e. The summed E-state index contributed by atoms with van der Waals surface area (Å²) in [5.74, 6) is -0.660. The van der Waals surface area contributed by atoms with Crippen LogP contribution in [0.4, 0.5) is 5.69 Å². The monoisotopic (exact) mass is 363 g/mol. The van der Waals surface area contributed by atoms with Gasteiger partial charge in [-0.2, -0.15) is 0 Å². The Hall–Kier alpha value is -1.62. The number of amides is 1. The van der Waals surface area contributed by atoms with Crippen molar-refractivity contribution >= 4 is 33.5 Å². The van der Waals surface area contributed by atoms with E-state index >= 15 is 0 Å². The summed E-state index contributed by atoms with van der Waals surface area (Å²) < 4.78 is 6.14. The van der Waals surface area contributed by atoms with E-state index in [-0.39, 0.29) is 12.5 Å². The van der Waals surface area contributed by atoms with Crippen molar-refractivity contribution in [3.05, 3.63) is 40.9 Å². The third kappa shape index (κ3) is 1.88. The number of rotatable bonds is 5. The Morgan fingerprint density at radius 2 is 2.32 bits per heavy atom. The first-order valence-electron chi connectivity index (χ1n) is 7.41. The Morgan fingerprint density at radius 3 is 3.00 bits per heavy atom. The number of hydrogen-bond acceptors (Lipinski definition) is 3. The van der Waals surface area contributed by atoms with Crippen LogP contribution >= 0.6 is 15.9 Å². The van der Waals surface area contributed by atoms with E-state index in [1.54, 1.807) is 6.92 Å². The Bertz CT molecular complexity index is 672. The van der Waals surface area contributed by atoms with Gasteiger partial charge in [-0.15, -0.1) is 6.58 Å². The molecule has 2 atom stereocenters. The van der Waals surface area contributed by atoms with Crippen molar-refractivity contribution in [2.75, 3.05) is 11.9 Å². The minimum absolute atomic E-state index is 0.246. The Kier molecular flexibility index (Phi) is 3.63. The van der Waals surface area contributed by atoms with Crippen molar-refractivity contribution in [3.8, 4) is 0 Å². The van der Waals surface area contributed by atoms with Crippen LogP contribution in [0, 0.1) is 5.41 Å². The lowest BCUT2D eigenvalue weighted by molar-refractivity contribution is -0.154. The molecule has 1 aromatic rings. The maximum Gasteiger partial charge on any atom is 0.322 e. The Morgan fingerprint density at radius 1 is 1.55 bits per heavy atom. The average molecular weight is 364 g/mol. The zero-order chi connectivity index (χ0) is 16.0. The van der Waals surface area contributed by atoms with Crippen LogP contribution in [0.1, 0.15) is 31.7 Å². The lowest BCUT2D eigenvalue weighted by atomic mass is 9.78. The molecule has 0 spiro atoms. The molecule has 0 unspecified atom stereocenters. The van der Waals surface area contributed by atoms with Gasteiger partial charge in [-0.25, -0.2) is 0 Å². The van der Waals surface area contributed by atoms with Crippen molar-refractivity contribution in [1.29, 1.82) is 0 Å². The molecular formula is C17H18BrNO3. The topological polar surface area (TPSA) is 55.4 Å². The SMILES string of the molecule is C=CCC[C@]12C[C@@]1(C(=O)OCC)C(=O)Nc1ccc(Br)cc12. The molecule has 22 heavy (non-hydrogen) atoms. The molecule has 1 heterocycles. The second kappa shape index (κ2) is 5.23. The third-order valence-corrected chi connectivity index (χ3v) is 5.28. The first-order chi connectivity index (χ1) is 10.5. The van der Waals surface area contributed by atoms with Gasteiger partial charge < -0.3 is 10.1 Å². The highest BCUT2D eigenvalue weighted by atomic mass is 79.9. The van der Waals surface area contributed by atoms with Gasteiger partial charge in [0, 0.05) is 15.6 Å². The number of carbonyl (C=O) groups excluding carboxylic acids is 2. The first-order valence-corrected chi connectivity index (χ1v) is 8.21. The zero-order valence-corrected chi connectivity index (χ0v) is 14.0. The van der Waals surface area contributed by atoms with E-state index < -0.39 is 16.8 Å². The minimum atomic E-state index is -1.08. The highest BCUT2D eigenvalue weighted by molar-refractivity contribution is 9.10. The highest BCUT2D eigenvalue weighted by Crippen LogP contribution is 2.71. The minimum Gasteiger partial charge on any atom is -0.465 e. The molecule has 4 nitrogen and oxygen atoms in total. The number of hydrogen-bond donors (Lipinski definition) is 1. The molecule has 0 aromatic heterocycles. The zero-order valence-electron chi connectivity index (χ0n) is 12.4. The number of halogens is 1. The van der Waals surface area contributed by atoms with E-state index in [4.69, 9.17) is 4.74 Å². The molecule has 3 rings (SSSR count). The van der Waals surface area contributed by atoms with Crippen LogP contribution in [0.2, 0.25) is 0 Å². The number of anilines is 1. The molecule has 2 aliphatic rings. The van der Waals surface area contributed by atoms with Crippen LogP contribution in [0.5, 0.6) is 0 Å². The lowest BCUT2D eigenvalue weighted by Gasteiger charge is -2.31. The summed E-state index contributed by atoms with van der Waals surface area (Å²) in [6.07, 6.45) is 3.79. The van der Waals surface area contributed by atoms with E-state index in [1.165, 1.54) is 0 Å². The fourth-order valence-corrected chi connectivity index (χ4v) is 4.04. The molecule has 5 heteroatoms. The molecule has 0 saturated heterocycles. The summed E-state index contributed by atoms with van der Waals surface area (Å²) in [7, 11) is 0. The van der Waals surface area contributed by atoms with E-state index in [0.29, 0.717) is 12.8 Å². The van der Waals surface area contributed by atoms with Gasteiger partial charge >= 0.3 is 5.97 Å². The summed E-state index contributed by atoms with van der Waals surface area (Å²) in [5, 5.41) is 2.87. The first kappa shape index (κ1) is 15.3. The molecule has 116 valence electrons. The lowest BCUT2D eigenvalue weighted by Crippen LogP contribution is -2.43. The van der Waals surface area contributed by atoms with E-state index in [9.17, 15) is 9.59 Å². The molecule has 1 aromatic carbocycles. The van der Waals surface area contributed by atoms with Gasteiger partial charge in [-0.3, -0.25) is 9.59 Å². The molecule has 0 bridgehead atoms. The van der Waals surface area contributed by atoms with Gasteiger partial charge in [-0.05, 0) is 49.9 Å². The second-order valence-electron chi connectivity index (χ2n) is 5.86. The Balaban J connectivity index is 2.12. The molecule has 1 fully saturated rings. The van der Waals surface area contributed by atoms with Gasteiger partial charge in [0.2, 0.25) is 5.91 Å². The maximum atomic E-state index is 12.6. The van der Waals surface area contributed by atoms with Crippen molar-refractivity contribution in [3.63, 3.8) is 0 Å². The summed E-state index contributed by atoms with van der Waals surface area (Å²) in [5.41, 5.74) is 0.236. The number of carbonyl (C=O) groups is 2. The van der Waals surface area contributed by atoms with E-state index in [1.807, 2.05) is 24.3 Å². The summed E-state index contributed by atoms with van der Waals surface area (Å²) in [6, 6.07) is 5.76. The molecule has 1 saturated carbocycles. The molecular weight excluding hydrogens is 346 g/mol. The Labute approximate surface area is 138 Å². The average Bonchev–Trinajstić information content (AvgIpc) is 3.19. The fraction of sp³-hybridized carbons (Fsp3) is 0.412. The molecule has 1 amide bonds. The molecule has 0 radical (unpaired) electrons. The summed E-state index contributed by atoms with van der Waals surface area (Å²) >= 11 is 3.48. The number of benzene rings is 1. The number of fused-ring (bicyclic) bond motifs is 3. The summed E-state index contributed by atoms with van der Waals surface area (Å²) in [6.45, 7) is 5.80. The number of esters is 1. The summed E-state index contributed by atoms with van der Waals surface area (Å²) in [4.78, 5) is 25.2. The quantitative estimate of drug-likeness (QED) is 0.494. The van der Waals surface area contributed by atoms with Gasteiger partial charge in [0.05, 0.1) is 6.61 Å². The van der Waals surface area contributed by atoms with E-state index in [0.717, 1.165) is 22.1 Å². The van der Waals surface area contributed by atoms with Crippen molar-refractivity contribution < 1.29 is 14.3 Å². The van der Waals surface area contributed by atoms with Crippen molar-refractivity contribution in [2.24, 2.45) is 5.41 Å². The third-order valence-electron chi connectivity index (χ3n) is 4.79. The van der Waals surface area contributed by atoms with E-state index in [2.05, 4.69) is 27.8 Å². The number of allylic oxidation sites excluding steroid dienone is 1. The van der Waals surface area contributed by atoms with Crippen molar-refractivity contribution in [2.45, 2.75) is 31.6 Å². The van der Waals surface area contributed by atoms with Gasteiger partial charge in [0.1, 0.15) is 0 Å². The van der Waals surface area contributed by atoms with Gasteiger partial charge in [0.15, 0.2) is 5.41 Å². The number of nitrogens with one attached hydrogen (secondary N) is 1. The van der Waals surface area contributed by atoms with Crippen LogP contribution in [0.25, 0.3) is 0 Å².